The van der Waals surface area contributed by atoms with Crippen LogP contribution in [0.15, 0.2) is 0 Å². The smallest absolute Gasteiger partial charge is 0.310 e. The third-order valence-corrected chi connectivity index (χ3v) is 16.2. The molecule has 0 amide bonds. The standard InChI is InChI=1S/C51H94O4/c1-14-16-19-37(3)31-39(5)33-50(48(8,9)10)27-23-42(24-28-50)35-54-46(52)44-22-18-21-41(7)45(44)47(53)55-36-43-25-29-51(30-26-43,49(11,12)13)34-40(6)32-38(4)20-17-15-2/h37-45H,14-36H2,1-13H3. The van der Waals surface area contributed by atoms with Crippen LogP contribution in [0, 0.1) is 74.9 Å². The van der Waals surface area contributed by atoms with Crippen molar-refractivity contribution in [3.63, 3.8) is 0 Å². The van der Waals surface area contributed by atoms with Gasteiger partial charge in [-0.1, -0.05) is 135 Å². The molecule has 7 atom stereocenters. The number of ether oxygens (including phenoxy) is 2. The van der Waals surface area contributed by atoms with E-state index in [4.69, 9.17) is 9.47 Å². The highest BCUT2D eigenvalue weighted by molar-refractivity contribution is 5.82. The Labute approximate surface area is 343 Å². The fraction of sp³-hybridized carbons (Fsp3) is 0.961. The van der Waals surface area contributed by atoms with Crippen LogP contribution in [0.1, 0.15) is 225 Å². The maximum absolute atomic E-state index is 13.8. The molecule has 0 radical (unpaired) electrons. The topological polar surface area (TPSA) is 52.6 Å². The number of hydrogen-bond donors (Lipinski definition) is 0. The number of unbranched alkanes of at least 4 members (excludes halogenated alkanes) is 2. The monoisotopic (exact) mass is 771 g/mol. The van der Waals surface area contributed by atoms with Gasteiger partial charge in [0.1, 0.15) is 0 Å². The molecular weight excluding hydrogens is 677 g/mol. The molecule has 0 N–H and O–H groups in total. The second-order valence-electron chi connectivity index (χ2n) is 22.8. The third-order valence-electron chi connectivity index (χ3n) is 16.2. The molecule has 55 heavy (non-hydrogen) atoms. The van der Waals surface area contributed by atoms with Crippen LogP contribution in [-0.4, -0.2) is 25.2 Å². The molecule has 0 heterocycles. The number of rotatable bonds is 20. The summed E-state index contributed by atoms with van der Waals surface area (Å²) in [7, 11) is 0. The summed E-state index contributed by atoms with van der Waals surface area (Å²) in [6, 6.07) is 0. The normalized spacial score (nSPS) is 31.6. The first-order chi connectivity index (χ1) is 25.8. The first-order valence-electron chi connectivity index (χ1n) is 24.1. The van der Waals surface area contributed by atoms with Gasteiger partial charge in [-0.15, -0.1) is 0 Å². The zero-order valence-electron chi connectivity index (χ0n) is 39.1. The van der Waals surface area contributed by atoms with Gasteiger partial charge in [0.25, 0.3) is 0 Å². The fourth-order valence-electron chi connectivity index (χ4n) is 12.2. The highest BCUT2D eigenvalue weighted by atomic mass is 16.5. The average molecular weight is 771 g/mol. The molecule has 0 spiro atoms. The van der Waals surface area contributed by atoms with Crippen LogP contribution in [-0.2, 0) is 19.1 Å². The van der Waals surface area contributed by atoms with Crippen LogP contribution >= 0.6 is 0 Å². The van der Waals surface area contributed by atoms with E-state index in [1.165, 1.54) is 89.9 Å². The van der Waals surface area contributed by atoms with Gasteiger partial charge in [-0.3, -0.25) is 9.59 Å². The van der Waals surface area contributed by atoms with E-state index < -0.39 is 0 Å². The van der Waals surface area contributed by atoms with Crippen molar-refractivity contribution in [1.29, 1.82) is 0 Å². The molecule has 7 unspecified atom stereocenters. The lowest BCUT2D eigenvalue weighted by Gasteiger charge is -2.51. The third kappa shape index (κ3) is 14.0. The van der Waals surface area contributed by atoms with Crippen molar-refractivity contribution in [3.8, 4) is 0 Å². The van der Waals surface area contributed by atoms with Crippen molar-refractivity contribution < 1.29 is 19.1 Å². The van der Waals surface area contributed by atoms with Crippen molar-refractivity contribution in [1.82, 2.24) is 0 Å². The molecule has 0 aromatic heterocycles. The number of esters is 2. The molecule has 4 nitrogen and oxygen atoms in total. The van der Waals surface area contributed by atoms with Gasteiger partial charge < -0.3 is 9.47 Å². The minimum absolute atomic E-state index is 0.147. The van der Waals surface area contributed by atoms with Crippen molar-refractivity contribution in [2.24, 2.45) is 74.9 Å². The SMILES string of the molecule is CCCCC(C)CC(C)CC1(C(C)(C)C)CCC(COC(=O)C2CCCC(C)C2C(=O)OCC2CCC(CC(C)CC(C)CCCC)(C(C)(C)C)CC2)CC1. The summed E-state index contributed by atoms with van der Waals surface area (Å²) in [6.45, 7) is 32.3. The predicted octanol–water partition coefficient (Wildman–Crippen LogP) is 15.1. The number of carbonyl (C=O) groups excluding carboxylic acids is 2. The summed E-state index contributed by atoms with van der Waals surface area (Å²) in [6.07, 6.45) is 25.3. The predicted molar refractivity (Wildman–Crippen MR) is 234 cm³/mol. The van der Waals surface area contributed by atoms with Crippen molar-refractivity contribution in [2.75, 3.05) is 13.2 Å². The van der Waals surface area contributed by atoms with Crippen molar-refractivity contribution in [2.45, 2.75) is 225 Å². The number of carbonyl (C=O) groups is 2. The Morgan fingerprint density at radius 1 is 0.600 bits per heavy atom. The van der Waals surface area contributed by atoms with E-state index in [1.807, 2.05) is 0 Å². The van der Waals surface area contributed by atoms with E-state index in [-0.39, 0.29) is 40.5 Å². The van der Waals surface area contributed by atoms with Crippen molar-refractivity contribution >= 4 is 11.9 Å². The van der Waals surface area contributed by atoms with Gasteiger partial charge in [-0.05, 0) is 153 Å². The second kappa shape index (κ2) is 21.8. The Kier molecular flexibility index (Phi) is 19.1. The van der Waals surface area contributed by atoms with Crippen LogP contribution in [0.2, 0.25) is 0 Å². The maximum atomic E-state index is 13.8. The molecule has 3 aliphatic rings. The summed E-state index contributed by atoms with van der Waals surface area (Å²) in [5, 5.41) is 0. The largest absolute Gasteiger partial charge is 0.465 e. The average Bonchev–Trinajstić information content (AvgIpc) is 3.11. The van der Waals surface area contributed by atoms with Crippen LogP contribution < -0.4 is 0 Å². The lowest BCUT2D eigenvalue weighted by Crippen LogP contribution is -2.43. The van der Waals surface area contributed by atoms with E-state index in [2.05, 4.69) is 90.0 Å². The van der Waals surface area contributed by atoms with Crippen LogP contribution in [0.25, 0.3) is 0 Å². The van der Waals surface area contributed by atoms with E-state index in [0.717, 1.165) is 68.6 Å². The molecule has 3 rings (SSSR count). The summed E-state index contributed by atoms with van der Waals surface area (Å²) in [5.41, 5.74) is 1.23. The lowest BCUT2D eigenvalue weighted by molar-refractivity contribution is -0.167. The first kappa shape index (κ1) is 48.3. The van der Waals surface area contributed by atoms with E-state index >= 15 is 0 Å². The molecule has 3 saturated carbocycles. The summed E-state index contributed by atoms with van der Waals surface area (Å²) in [4.78, 5) is 27.6. The van der Waals surface area contributed by atoms with Crippen LogP contribution in [0.3, 0.4) is 0 Å². The highest BCUT2D eigenvalue weighted by Gasteiger charge is 2.48. The zero-order valence-corrected chi connectivity index (χ0v) is 39.1. The van der Waals surface area contributed by atoms with Gasteiger partial charge in [-0.25, -0.2) is 0 Å². The maximum Gasteiger partial charge on any atom is 0.310 e. The molecule has 3 aliphatic carbocycles. The first-order valence-corrected chi connectivity index (χ1v) is 24.1. The molecule has 0 aromatic rings. The molecule has 0 bridgehead atoms. The molecule has 4 heteroatoms. The van der Waals surface area contributed by atoms with E-state index in [0.29, 0.717) is 35.9 Å². The molecule has 0 aliphatic heterocycles. The molecule has 322 valence electrons. The van der Waals surface area contributed by atoms with Gasteiger partial charge >= 0.3 is 11.9 Å². The van der Waals surface area contributed by atoms with Gasteiger partial charge in [0.15, 0.2) is 0 Å². The van der Waals surface area contributed by atoms with E-state index in [1.54, 1.807) is 0 Å². The molecular formula is C51H94O4. The lowest BCUT2D eigenvalue weighted by atomic mass is 9.54. The van der Waals surface area contributed by atoms with Gasteiger partial charge in [0.05, 0.1) is 25.0 Å². The minimum atomic E-state index is -0.379. The molecule has 3 fully saturated rings. The Morgan fingerprint density at radius 2 is 1.00 bits per heavy atom. The summed E-state index contributed by atoms with van der Waals surface area (Å²) < 4.78 is 12.3. The summed E-state index contributed by atoms with van der Waals surface area (Å²) in [5.74, 6) is 3.02. The highest BCUT2D eigenvalue weighted by Crippen LogP contribution is 2.56. The van der Waals surface area contributed by atoms with Crippen LogP contribution in [0.4, 0.5) is 0 Å². The van der Waals surface area contributed by atoms with Gasteiger partial charge in [-0.2, -0.15) is 0 Å². The Morgan fingerprint density at radius 3 is 1.38 bits per heavy atom. The Hall–Kier alpha value is -1.06. The quantitative estimate of drug-likeness (QED) is 0.116. The second-order valence-corrected chi connectivity index (χ2v) is 22.8. The van der Waals surface area contributed by atoms with Crippen molar-refractivity contribution in [3.05, 3.63) is 0 Å². The fourth-order valence-corrected chi connectivity index (χ4v) is 12.2. The number of hydrogen-bond acceptors (Lipinski definition) is 4. The Balaban J connectivity index is 1.51. The summed E-state index contributed by atoms with van der Waals surface area (Å²) >= 11 is 0. The minimum Gasteiger partial charge on any atom is -0.465 e. The van der Waals surface area contributed by atoms with Crippen LogP contribution in [0.5, 0.6) is 0 Å². The van der Waals surface area contributed by atoms with Gasteiger partial charge in [0.2, 0.25) is 0 Å². The Bertz CT molecular complexity index is 1110. The van der Waals surface area contributed by atoms with E-state index in [9.17, 15) is 9.59 Å². The zero-order chi connectivity index (χ0) is 41.0. The molecule has 0 aromatic carbocycles. The molecule has 0 saturated heterocycles. The van der Waals surface area contributed by atoms with Gasteiger partial charge in [0, 0.05) is 0 Å².